The third-order valence-corrected chi connectivity index (χ3v) is 1.11. The van der Waals surface area contributed by atoms with Gasteiger partial charge in [0.15, 0.2) is 0 Å². The van der Waals surface area contributed by atoms with Gasteiger partial charge in [0.05, 0.1) is 0 Å². The first-order chi connectivity index (χ1) is 4.48. The molecule has 1 amide bonds. The van der Waals surface area contributed by atoms with Crippen LogP contribution in [0.5, 0.6) is 0 Å². The summed E-state index contributed by atoms with van der Waals surface area (Å²) in [5.74, 6) is 0. The van der Waals surface area contributed by atoms with Crippen LogP contribution in [0.15, 0.2) is 12.8 Å². The number of nitrogens with two attached hydrogens (primary N) is 1. The SMILES string of the molecule is C=COS(=O)(=O)OC(N)=O. The first-order valence-corrected chi connectivity index (χ1v) is 3.34. The van der Waals surface area contributed by atoms with Crippen molar-refractivity contribution in [1.82, 2.24) is 0 Å². The van der Waals surface area contributed by atoms with Crippen molar-refractivity contribution in [3.63, 3.8) is 0 Å². The van der Waals surface area contributed by atoms with Crippen LogP contribution in [0.4, 0.5) is 4.79 Å². The molecule has 0 saturated carbocycles. The van der Waals surface area contributed by atoms with Crippen molar-refractivity contribution >= 4 is 16.5 Å². The second-order valence-electron chi connectivity index (χ2n) is 1.07. The molecule has 10 heavy (non-hydrogen) atoms. The van der Waals surface area contributed by atoms with Gasteiger partial charge >= 0.3 is 16.5 Å². The van der Waals surface area contributed by atoms with Crippen molar-refractivity contribution in [1.29, 1.82) is 0 Å². The van der Waals surface area contributed by atoms with Gasteiger partial charge in [-0.25, -0.2) is 4.79 Å². The summed E-state index contributed by atoms with van der Waals surface area (Å²) in [6, 6.07) is 0. The maximum atomic E-state index is 10.2. The molecule has 0 aromatic rings. The van der Waals surface area contributed by atoms with Gasteiger partial charge in [-0.2, -0.15) is 0 Å². The lowest BCUT2D eigenvalue weighted by Crippen LogP contribution is -2.19. The quantitative estimate of drug-likeness (QED) is 0.571. The van der Waals surface area contributed by atoms with Crippen LogP contribution in [0.1, 0.15) is 0 Å². The van der Waals surface area contributed by atoms with Crippen molar-refractivity contribution in [2.24, 2.45) is 5.73 Å². The average molecular weight is 167 g/mol. The van der Waals surface area contributed by atoms with Gasteiger partial charge in [-0.3, -0.25) is 4.18 Å². The molecule has 0 fully saturated rings. The highest BCUT2D eigenvalue weighted by Gasteiger charge is 2.13. The van der Waals surface area contributed by atoms with Crippen LogP contribution < -0.4 is 5.73 Å². The summed E-state index contributed by atoms with van der Waals surface area (Å²) in [5, 5.41) is 0. The molecule has 0 heterocycles. The van der Waals surface area contributed by atoms with Crippen molar-refractivity contribution < 1.29 is 21.6 Å². The Morgan fingerprint density at radius 3 is 2.40 bits per heavy atom. The topological polar surface area (TPSA) is 95.7 Å². The first-order valence-electron chi connectivity index (χ1n) is 2.01. The molecule has 0 atom stereocenters. The van der Waals surface area contributed by atoms with Crippen LogP contribution in [-0.2, 0) is 18.8 Å². The van der Waals surface area contributed by atoms with E-state index in [0.29, 0.717) is 6.26 Å². The second-order valence-corrected chi connectivity index (χ2v) is 2.25. The van der Waals surface area contributed by atoms with Gasteiger partial charge in [-0.15, -0.1) is 8.42 Å². The summed E-state index contributed by atoms with van der Waals surface area (Å²) in [5.41, 5.74) is 4.35. The molecular weight excluding hydrogens is 162 g/mol. The summed E-state index contributed by atoms with van der Waals surface area (Å²) in [7, 11) is -4.32. The highest BCUT2D eigenvalue weighted by molar-refractivity contribution is 7.82. The predicted molar refractivity (Wildman–Crippen MR) is 30.9 cm³/mol. The molecule has 0 unspecified atom stereocenters. The summed E-state index contributed by atoms with van der Waals surface area (Å²) in [4.78, 5) is 9.80. The third-order valence-electron chi connectivity index (χ3n) is 0.370. The van der Waals surface area contributed by atoms with Crippen molar-refractivity contribution in [3.8, 4) is 0 Å². The molecular formula is C3H5NO5S. The predicted octanol–water partition coefficient (Wildman–Crippen LogP) is -0.513. The van der Waals surface area contributed by atoms with E-state index < -0.39 is 16.5 Å². The Kier molecular flexibility index (Phi) is 2.68. The third kappa shape index (κ3) is 3.72. The van der Waals surface area contributed by atoms with E-state index in [4.69, 9.17) is 0 Å². The van der Waals surface area contributed by atoms with Crippen LogP contribution in [0.2, 0.25) is 0 Å². The maximum absolute atomic E-state index is 10.2. The number of amides is 1. The van der Waals surface area contributed by atoms with Crippen LogP contribution in [0, 0.1) is 0 Å². The number of hydrogen-bond donors (Lipinski definition) is 1. The molecule has 0 rings (SSSR count). The molecule has 2 N–H and O–H groups in total. The second kappa shape index (κ2) is 3.06. The molecule has 0 aromatic heterocycles. The lowest BCUT2D eigenvalue weighted by molar-refractivity contribution is 0.204. The minimum absolute atomic E-state index is 0.596. The molecule has 0 saturated heterocycles. The molecule has 58 valence electrons. The molecule has 0 aliphatic carbocycles. The van der Waals surface area contributed by atoms with E-state index in [1.807, 2.05) is 0 Å². The number of carbonyl (C=O) groups is 1. The minimum atomic E-state index is -4.32. The maximum Gasteiger partial charge on any atom is 0.504 e. The van der Waals surface area contributed by atoms with Crippen molar-refractivity contribution in [2.45, 2.75) is 0 Å². The number of hydrogen-bond acceptors (Lipinski definition) is 5. The zero-order chi connectivity index (χ0) is 8.20. The zero-order valence-electron chi connectivity index (χ0n) is 4.81. The van der Waals surface area contributed by atoms with E-state index in [-0.39, 0.29) is 0 Å². The van der Waals surface area contributed by atoms with E-state index in [2.05, 4.69) is 20.7 Å². The Morgan fingerprint density at radius 2 is 2.10 bits per heavy atom. The van der Waals surface area contributed by atoms with Gasteiger partial charge in [-0.05, 0) is 0 Å². The van der Waals surface area contributed by atoms with E-state index in [9.17, 15) is 13.2 Å². The molecule has 0 spiro atoms. The van der Waals surface area contributed by atoms with E-state index in [1.54, 1.807) is 0 Å². The van der Waals surface area contributed by atoms with Crippen LogP contribution >= 0.6 is 0 Å². The summed E-state index contributed by atoms with van der Waals surface area (Å²) >= 11 is 0. The van der Waals surface area contributed by atoms with Crippen LogP contribution in [-0.4, -0.2) is 14.5 Å². The standard InChI is InChI=1S/C3H5NO5S/c1-2-8-10(6,7)9-3(4)5/h2H,1H2,(H2,4,5). The Labute approximate surface area is 57.6 Å². The zero-order valence-corrected chi connectivity index (χ0v) is 5.63. The van der Waals surface area contributed by atoms with Gasteiger partial charge in [-0.1, -0.05) is 6.58 Å². The van der Waals surface area contributed by atoms with Gasteiger partial charge in [0.1, 0.15) is 6.26 Å². The molecule has 6 nitrogen and oxygen atoms in total. The minimum Gasteiger partial charge on any atom is -0.361 e. The van der Waals surface area contributed by atoms with Crippen LogP contribution in [0.3, 0.4) is 0 Å². The Morgan fingerprint density at radius 1 is 1.60 bits per heavy atom. The van der Waals surface area contributed by atoms with Crippen molar-refractivity contribution in [2.75, 3.05) is 0 Å². The van der Waals surface area contributed by atoms with Gasteiger partial charge in [0.2, 0.25) is 0 Å². The number of primary amides is 1. The van der Waals surface area contributed by atoms with E-state index >= 15 is 0 Å². The highest BCUT2D eigenvalue weighted by Crippen LogP contribution is 1.94. The van der Waals surface area contributed by atoms with Gasteiger partial charge < -0.3 is 9.92 Å². The molecule has 0 radical (unpaired) electrons. The van der Waals surface area contributed by atoms with Crippen LogP contribution in [0.25, 0.3) is 0 Å². The fourth-order valence-corrected chi connectivity index (χ4v) is 0.611. The number of carbonyl (C=O) groups excluding carboxylic acids is 1. The lowest BCUT2D eigenvalue weighted by Gasteiger charge is -1.97. The molecule has 0 bridgehead atoms. The largest absolute Gasteiger partial charge is 0.504 e. The molecule has 0 aliphatic rings. The Hall–Kier alpha value is -1.24. The fourth-order valence-electron chi connectivity index (χ4n) is 0.204. The summed E-state index contributed by atoms with van der Waals surface area (Å²) < 4.78 is 27.7. The molecule has 0 aromatic carbocycles. The average Bonchev–Trinajstić information content (AvgIpc) is 1.59. The van der Waals surface area contributed by atoms with Gasteiger partial charge in [0, 0.05) is 0 Å². The van der Waals surface area contributed by atoms with E-state index in [0.717, 1.165) is 0 Å². The molecule has 0 aliphatic heterocycles. The Balaban J connectivity index is 4.14. The Bertz CT molecular complexity index is 229. The monoisotopic (exact) mass is 167 g/mol. The fraction of sp³-hybridized carbons (Fsp3) is 0. The highest BCUT2D eigenvalue weighted by atomic mass is 32.3. The summed E-state index contributed by atoms with van der Waals surface area (Å²) in [6.45, 7) is 2.92. The lowest BCUT2D eigenvalue weighted by atomic mass is 11.2. The summed E-state index contributed by atoms with van der Waals surface area (Å²) in [6.07, 6.45) is -0.861. The normalized spacial score (nSPS) is 10.0. The molecule has 7 heteroatoms. The smallest absolute Gasteiger partial charge is 0.361 e. The number of rotatable bonds is 3. The van der Waals surface area contributed by atoms with Crippen molar-refractivity contribution in [3.05, 3.63) is 12.8 Å². The van der Waals surface area contributed by atoms with E-state index in [1.165, 1.54) is 0 Å². The first kappa shape index (κ1) is 8.76. The van der Waals surface area contributed by atoms with Gasteiger partial charge in [0.25, 0.3) is 0 Å².